The Kier molecular flexibility index (Phi) is 4.87. The minimum absolute atomic E-state index is 0.225. The first-order chi connectivity index (χ1) is 8.81. The maximum atomic E-state index is 10.1. The van der Waals surface area contributed by atoms with Crippen molar-refractivity contribution >= 4 is 11.3 Å². The Bertz CT molecular complexity index is 444. The summed E-state index contributed by atoms with van der Waals surface area (Å²) in [6.07, 6.45) is 2.31. The van der Waals surface area contributed by atoms with E-state index in [1.165, 1.54) is 0 Å². The summed E-state index contributed by atoms with van der Waals surface area (Å²) < 4.78 is 0. The van der Waals surface area contributed by atoms with Crippen LogP contribution in [0.2, 0.25) is 0 Å². The molecule has 0 fully saturated rings. The average Bonchev–Trinajstić information content (AvgIpc) is 2.94. The highest BCUT2D eigenvalue weighted by atomic mass is 32.1. The molecular formula is C14H18N2OS. The maximum Gasteiger partial charge on any atom is 0.109 e. The van der Waals surface area contributed by atoms with Gasteiger partial charge in [-0.2, -0.15) is 0 Å². The predicted octanol–water partition coefficient (Wildman–Crippen LogP) is 2.92. The molecule has 2 rings (SSSR count). The van der Waals surface area contributed by atoms with Crippen molar-refractivity contribution in [2.45, 2.75) is 25.5 Å². The number of nitrogens with zero attached hydrogens (tertiary/aromatic N) is 1. The Morgan fingerprint density at radius 2 is 2.11 bits per heavy atom. The van der Waals surface area contributed by atoms with Crippen LogP contribution in [0.1, 0.15) is 36.1 Å². The van der Waals surface area contributed by atoms with E-state index in [-0.39, 0.29) is 6.04 Å². The molecule has 96 valence electrons. The van der Waals surface area contributed by atoms with Gasteiger partial charge in [-0.25, -0.2) is 4.98 Å². The zero-order valence-electron chi connectivity index (χ0n) is 10.4. The molecule has 0 amide bonds. The summed E-state index contributed by atoms with van der Waals surface area (Å²) in [7, 11) is 0. The van der Waals surface area contributed by atoms with Gasteiger partial charge in [0.05, 0.1) is 12.1 Å². The van der Waals surface area contributed by atoms with E-state index < -0.39 is 6.10 Å². The summed E-state index contributed by atoms with van der Waals surface area (Å²) >= 11 is 1.65. The first kappa shape index (κ1) is 13.2. The number of benzene rings is 1. The second kappa shape index (κ2) is 6.64. The van der Waals surface area contributed by atoms with Gasteiger partial charge >= 0.3 is 0 Å². The molecule has 0 saturated heterocycles. The molecule has 0 spiro atoms. The Hall–Kier alpha value is -1.23. The third kappa shape index (κ3) is 3.38. The predicted molar refractivity (Wildman–Crippen MR) is 74.6 cm³/mol. The van der Waals surface area contributed by atoms with E-state index in [1.807, 2.05) is 41.9 Å². The minimum atomic E-state index is -0.472. The van der Waals surface area contributed by atoms with Crippen molar-refractivity contribution in [2.75, 3.05) is 6.54 Å². The molecule has 2 unspecified atom stereocenters. The number of thiazole rings is 1. The summed E-state index contributed by atoms with van der Waals surface area (Å²) in [4.78, 5) is 4.31. The molecule has 0 aliphatic heterocycles. The third-order valence-corrected chi connectivity index (χ3v) is 3.79. The first-order valence-electron chi connectivity index (χ1n) is 6.17. The van der Waals surface area contributed by atoms with Gasteiger partial charge in [0.1, 0.15) is 5.01 Å². The number of aliphatic hydroxyl groups excluding tert-OH is 1. The topological polar surface area (TPSA) is 45.1 Å². The van der Waals surface area contributed by atoms with Gasteiger partial charge in [0.2, 0.25) is 0 Å². The fraction of sp³-hybridized carbons (Fsp3) is 0.357. The molecule has 2 atom stereocenters. The van der Waals surface area contributed by atoms with Gasteiger partial charge in [-0.15, -0.1) is 11.3 Å². The van der Waals surface area contributed by atoms with E-state index in [0.717, 1.165) is 17.0 Å². The lowest BCUT2D eigenvalue weighted by Gasteiger charge is -2.17. The van der Waals surface area contributed by atoms with Crippen LogP contribution in [0.15, 0.2) is 41.9 Å². The molecule has 4 heteroatoms. The monoisotopic (exact) mass is 262 g/mol. The van der Waals surface area contributed by atoms with Crippen LogP contribution in [-0.2, 0) is 0 Å². The van der Waals surface area contributed by atoms with E-state index >= 15 is 0 Å². The molecule has 0 aliphatic rings. The van der Waals surface area contributed by atoms with E-state index in [4.69, 9.17) is 0 Å². The number of hydrogen-bond acceptors (Lipinski definition) is 4. The molecule has 1 heterocycles. The quantitative estimate of drug-likeness (QED) is 0.841. The smallest absolute Gasteiger partial charge is 0.109 e. The fourth-order valence-electron chi connectivity index (χ4n) is 1.86. The average molecular weight is 262 g/mol. The van der Waals surface area contributed by atoms with Crippen LogP contribution in [-0.4, -0.2) is 16.6 Å². The van der Waals surface area contributed by atoms with Crippen LogP contribution in [0.4, 0.5) is 0 Å². The van der Waals surface area contributed by atoms with E-state index in [0.29, 0.717) is 6.54 Å². The highest BCUT2D eigenvalue weighted by Crippen LogP contribution is 2.20. The highest BCUT2D eigenvalue weighted by molar-refractivity contribution is 7.09. The maximum absolute atomic E-state index is 10.1. The summed E-state index contributed by atoms with van der Waals surface area (Å²) in [6.45, 7) is 2.66. The lowest BCUT2D eigenvalue weighted by Crippen LogP contribution is -2.26. The van der Waals surface area contributed by atoms with Crippen molar-refractivity contribution in [3.8, 4) is 0 Å². The van der Waals surface area contributed by atoms with Crippen LogP contribution in [0, 0.1) is 0 Å². The Labute approximate surface area is 112 Å². The third-order valence-electron chi connectivity index (χ3n) is 2.90. The summed E-state index contributed by atoms with van der Waals surface area (Å²) in [5.74, 6) is 0. The van der Waals surface area contributed by atoms with Crippen LogP contribution < -0.4 is 5.32 Å². The molecule has 0 radical (unpaired) electrons. The number of aromatic nitrogens is 1. The molecule has 2 aromatic rings. The van der Waals surface area contributed by atoms with Crippen molar-refractivity contribution in [3.63, 3.8) is 0 Å². The normalized spacial score (nSPS) is 14.3. The van der Waals surface area contributed by atoms with Gasteiger partial charge in [-0.1, -0.05) is 37.3 Å². The minimum Gasteiger partial charge on any atom is -0.387 e. The van der Waals surface area contributed by atoms with Gasteiger partial charge in [0.25, 0.3) is 0 Å². The fourth-order valence-corrected chi connectivity index (χ4v) is 2.66. The summed E-state index contributed by atoms with van der Waals surface area (Å²) in [5.41, 5.74) is 0.944. The zero-order chi connectivity index (χ0) is 12.8. The van der Waals surface area contributed by atoms with Crippen molar-refractivity contribution in [1.29, 1.82) is 0 Å². The first-order valence-corrected chi connectivity index (χ1v) is 7.05. The van der Waals surface area contributed by atoms with Gasteiger partial charge in [-0.05, 0) is 12.0 Å². The van der Waals surface area contributed by atoms with Crippen molar-refractivity contribution in [2.24, 2.45) is 0 Å². The molecule has 18 heavy (non-hydrogen) atoms. The van der Waals surface area contributed by atoms with E-state index in [9.17, 15) is 5.11 Å². The number of rotatable bonds is 6. The highest BCUT2D eigenvalue weighted by Gasteiger charge is 2.14. The second-order valence-electron chi connectivity index (χ2n) is 4.17. The Morgan fingerprint density at radius 1 is 1.33 bits per heavy atom. The molecular weight excluding hydrogens is 244 g/mol. The van der Waals surface area contributed by atoms with Crippen LogP contribution in [0.25, 0.3) is 0 Å². The second-order valence-corrected chi connectivity index (χ2v) is 5.09. The lowest BCUT2D eigenvalue weighted by molar-refractivity contribution is 0.169. The molecule has 1 aromatic carbocycles. The molecule has 0 aliphatic carbocycles. The largest absolute Gasteiger partial charge is 0.387 e. The lowest BCUT2D eigenvalue weighted by atomic mass is 10.1. The SMILES string of the molecule is CCC(NCC(O)c1ccccc1)c1nccs1. The van der Waals surface area contributed by atoms with Crippen LogP contribution in [0.5, 0.6) is 0 Å². The Balaban J connectivity index is 1.91. The Morgan fingerprint density at radius 3 is 2.72 bits per heavy atom. The van der Waals surface area contributed by atoms with E-state index in [2.05, 4.69) is 17.2 Å². The molecule has 3 nitrogen and oxygen atoms in total. The van der Waals surface area contributed by atoms with Crippen LogP contribution in [0.3, 0.4) is 0 Å². The standard InChI is InChI=1S/C14H18N2OS/c1-2-12(14-15-8-9-18-14)16-10-13(17)11-6-4-3-5-7-11/h3-9,12-13,16-17H,2,10H2,1H3. The van der Waals surface area contributed by atoms with Gasteiger partial charge in [0, 0.05) is 18.1 Å². The summed E-state index contributed by atoms with van der Waals surface area (Å²) in [6, 6.07) is 9.94. The number of nitrogens with one attached hydrogen (secondary N) is 1. The van der Waals surface area contributed by atoms with Gasteiger partial charge < -0.3 is 10.4 Å². The molecule has 0 bridgehead atoms. The van der Waals surface area contributed by atoms with Crippen molar-refractivity contribution in [3.05, 3.63) is 52.5 Å². The van der Waals surface area contributed by atoms with Gasteiger partial charge in [-0.3, -0.25) is 0 Å². The van der Waals surface area contributed by atoms with Gasteiger partial charge in [0.15, 0.2) is 0 Å². The van der Waals surface area contributed by atoms with E-state index in [1.54, 1.807) is 11.3 Å². The molecule has 2 N–H and O–H groups in total. The molecule has 1 aromatic heterocycles. The number of hydrogen-bond donors (Lipinski definition) is 2. The molecule has 0 saturated carbocycles. The zero-order valence-corrected chi connectivity index (χ0v) is 11.2. The summed E-state index contributed by atoms with van der Waals surface area (Å²) in [5, 5.41) is 16.5. The van der Waals surface area contributed by atoms with Crippen molar-refractivity contribution in [1.82, 2.24) is 10.3 Å². The van der Waals surface area contributed by atoms with Crippen molar-refractivity contribution < 1.29 is 5.11 Å². The number of aliphatic hydroxyl groups is 1. The van der Waals surface area contributed by atoms with Crippen LogP contribution >= 0.6 is 11.3 Å².